The summed E-state index contributed by atoms with van der Waals surface area (Å²) in [7, 11) is -3.87. The molecule has 4 rings (SSSR count). The molecule has 142 valence electrons. The minimum Gasteiger partial charge on any atom is -0.465 e. The van der Waals surface area contributed by atoms with Crippen LogP contribution in [0.2, 0.25) is 5.02 Å². The van der Waals surface area contributed by atoms with Gasteiger partial charge in [0.2, 0.25) is 11.2 Å². The smallest absolute Gasteiger partial charge is 0.306 e. The molecular weight excluding hydrogens is 390 g/mol. The zero-order valence-corrected chi connectivity index (χ0v) is 16.3. The molecule has 2 heterocycles. The van der Waals surface area contributed by atoms with E-state index < -0.39 is 21.0 Å². The lowest BCUT2D eigenvalue weighted by atomic mass is 9.66. The molecule has 1 unspecified atom stereocenters. The van der Waals surface area contributed by atoms with Crippen molar-refractivity contribution < 1.29 is 17.0 Å². The fourth-order valence-electron chi connectivity index (χ4n) is 4.06. The SMILES string of the molecule is CS(=O)(=O)Oc1c(CC23CCCCC2=Nc2ccc(Cl)cc23)occc1=O. The van der Waals surface area contributed by atoms with Crippen LogP contribution >= 0.6 is 11.6 Å². The Balaban J connectivity index is 1.85. The van der Waals surface area contributed by atoms with E-state index in [1.54, 1.807) is 6.07 Å². The van der Waals surface area contributed by atoms with Crippen molar-refractivity contribution in [1.29, 1.82) is 0 Å². The molecule has 1 atom stereocenters. The maximum Gasteiger partial charge on any atom is 0.306 e. The van der Waals surface area contributed by atoms with Gasteiger partial charge in [0.25, 0.3) is 0 Å². The van der Waals surface area contributed by atoms with Gasteiger partial charge in [0.05, 0.1) is 18.2 Å². The lowest BCUT2D eigenvalue weighted by Gasteiger charge is -2.35. The zero-order valence-electron chi connectivity index (χ0n) is 14.7. The highest BCUT2D eigenvalue weighted by atomic mass is 35.5. The summed E-state index contributed by atoms with van der Waals surface area (Å²) < 4.78 is 33.8. The second-order valence-corrected chi connectivity index (χ2v) is 9.02. The van der Waals surface area contributed by atoms with Crippen molar-refractivity contribution in [1.82, 2.24) is 0 Å². The first-order chi connectivity index (χ1) is 12.8. The van der Waals surface area contributed by atoms with Gasteiger partial charge in [-0.05, 0) is 43.0 Å². The molecule has 0 radical (unpaired) electrons. The van der Waals surface area contributed by atoms with E-state index >= 15 is 0 Å². The summed E-state index contributed by atoms with van der Waals surface area (Å²) in [5.41, 5.74) is 1.87. The van der Waals surface area contributed by atoms with E-state index in [1.807, 2.05) is 12.1 Å². The monoisotopic (exact) mass is 407 g/mol. The van der Waals surface area contributed by atoms with Crippen LogP contribution < -0.4 is 9.61 Å². The van der Waals surface area contributed by atoms with Crippen LogP contribution in [-0.4, -0.2) is 20.4 Å². The van der Waals surface area contributed by atoms with Crippen LogP contribution in [0.15, 0.2) is 44.7 Å². The molecule has 0 N–H and O–H groups in total. The third kappa shape index (κ3) is 3.30. The molecule has 8 heteroatoms. The topological polar surface area (TPSA) is 85.9 Å². The number of aliphatic imine (C=N–C) groups is 1. The quantitative estimate of drug-likeness (QED) is 0.720. The number of rotatable bonds is 4. The molecule has 1 fully saturated rings. The van der Waals surface area contributed by atoms with Crippen molar-refractivity contribution in [2.24, 2.45) is 4.99 Å². The largest absolute Gasteiger partial charge is 0.465 e. The molecule has 1 saturated carbocycles. The van der Waals surface area contributed by atoms with E-state index in [2.05, 4.69) is 0 Å². The summed E-state index contributed by atoms with van der Waals surface area (Å²) in [6.45, 7) is 0. The highest BCUT2D eigenvalue weighted by Gasteiger charge is 2.46. The van der Waals surface area contributed by atoms with Crippen LogP contribution in [0.4, 0.5) is 5.69 Å². The van der Waals surface area contributed by atoms with Gasteiger partial charge in [0.1, 0.15) is 0 Å². The van der Waals surface area contributed by atoms with Crippen molar-refractivity contribution in [2.45, 2.75) is 37.5 Å². The predicted octanol–water partition coefficient (Wildman–Crippen LogP) is 3.77. The number of fused-ring (bicyclic) bond motifs is 3. The van der Waals surface area contributed by atoms with Crippen LogP contribution in [0.25, 0.3) is 0 Å². The highest BCUT2D eigenvalue weighted by Crippen LogP contribution is 2.50. The molecule has 0 spiro atoms. The number of hydrogen-bond donors (Lipinski definition) is 0. The molecule has 1 aliphatic heterocycles. The van der Waals surface area contributed by atoms with Gasteiger partial charge in [-0.2, -0.15) is 8.42 Å². The molecule has 2 aromatic rings. The molecule has 0 bridgehead atoms. The maximum atomic E-state index is 12.2. The Bertz CT molecular complexity index is 1110. The predicted molar refractivity (Wildman–Crippen MR) is 103 cm³/mol. The molecule has 1 aromatic heterocycles. The molecule has 0 amide bonds. The van der Waals surface area contributed by atoms with Crippen molar-refractivity contribution >= 4 is 33.1 Å². The minimum atomic E-state index is -3.87. The van der Waals surface area contributed by atoms with Crippen molar-refractivity contribution in [3.05, 3.63) is 57.1 Å². The summed E-state index contributed by atoms with van der Waals surface area (Å²) >= 11 is 6.23. The summed E-state index contributed by atoms with van der Waals surface area (Å²) in [6, 6.07) is 6.74. The van der Waals surface area contributed by atoms with Crippen LogP contribution in [0.5, 0.6) is 5.75 Å². The molecule has 27 heavy (non-hydrogen) atoms. The Kier molecular flexibility index (Phi) is 4.39. The van der Waals surface area contributed by atoms with Crippen molar-refractivity contribution in [3.8, 4) is 5.75 Å². The van der Waals surface area contributed by atoms with Crippen molar-refractivity contribution in [2.75, 3.05) is 6.26 Å². The minimum absolute atomic E-state index is 0.204. The van der Waals surface area contributed by atoms with Crippen LogP contribution in [-0.2, 0) is 22.0 Å². The molecule has 6 nitrogen and oxygen atoms in total. The Hall–Kier alpha value is -2.12. The van der Waals surface area contributed by atoms with Gasteiger partial charge >= 0.3 is 10.1 Å². The number of nitrogens with zero attached hydrogens (tertiary/aromatic N) is 1. The molecular formula is C19H18ClNO5S. The highest BCUT2D eigenvalue weighted by molar-refractivity contribution is 7.86. The summed E-state index contributed by atoms with van der Waals surface area (Å²) in [5.74, 6) is -0.0786. The summed E-state index contributed by atoms with van der Waals surface area (Å²) in [4.78, 5) is 17.0. The fourth-order valence-corrected chi connectivity index (χ4v) is 4.71. The summed E-state index contributed by atoms with van der Waals surface area (Å²) in [6.07, 6.45) is 6.14. The Morgan fingerprint density at radius 1 is 1.30 bits per heavy atom. The van der Waals surface area contributed by atoms with E-state index in [1.165, 1.54) is 6.26 Å². The Morgan fingerprint density at radius 2 is 2.11 bits per heavy atom. The van der Waals surface area contributed by atoms with Gasteiger partial charge in [-0.1, -0.05) is 18.0 Å². The van der Waals surface area contributed by atoms with Gasteiger partial charge in [-0.3, -0.25) is 9.79 Å². The third-order valence-electron chi connectivity index (χ3n) is 5.15. The third-order valence-corrected chi connectivity index (χ3v) is 5.86. The molecule has 2 aliphatic rings. The molecule has 1 aromatic carbocycles. The van der Waals surface area contributed by atoms with Crippen molar-refractivity contribution in [3.63, 3.8) is 0 Å². The molecule has 1 aliphatic carbocycles. The van der Waals surface area contributed by atoms with Gasteiger partial charge in [0.15, 0.2) is 5.76 Å². The second-order valence-electron chi connectivity index (χ2n) is 7.01. The number of halogens is 1. The standard InChI is InChI=1S/C19H18ClNO5S/c1-27(23,24)26-18-15(22)7-9-25-16(18)11-19-8-3-2-4-17(19)21-14-6-5-12(20)10-13(14)19/h5-7,9-10H,2-4,8,11H2,1H3. The Labute approximate surface area is 162 Å². The van der Waals surface area contributed by atoms with Crippen LogP contribution in [0.3, 0.4) is 0 Å². The van der Waals surface area contributed by atoms with Gasteiger partial charge in [0, 0.05) is 28.6 Å². The van der Waals surface area contributed by atoms with E-state index in [-0.39, 0.29) is 11.5 Å². The van der Waals surface area contributed by atoms with Crippen LogP contribution in [0.1, 0.15) is 37.0 Å². The lowest BCUT2D eigenvalue weighted by molar-refractivity contribution is 0.380. The first kappa shape index (κ1) is 18.3. The zero-order chi connectivity index (χ0) is 19.2. The van der Waals surface area contributed by atoms with Gasteiger partial charge in [-0.15, -0.1) is 0 Å². The van der Waals surface area contributed by atoms with E-state index in [9.17, 15) is 13.2 Å². The first-order valence-corrected chi connectivity index (χ1v) is 10.9. The number of benzene rings is 1. The Morgan fingerprint density at radius 3 is 2.89 bits per heavy atom. The first-order valence-electron chi connectivity index (χ1n) is 8.67. The molecule has 0 saturated heterocycles. The van der Waals surface area contributed by atoms with E-state index in [0.717, 1.165) is 55.0 Å². The number of hydrogen-bond acceptors (Lipinski definition) is 6. The average molecular weight is 408 g/mol. The van der Waals surface area contributed by atoms with E-state index in [0.29, 0.717) is 11.4 Å². The van der Waals surface area contributed by atoms with Gasteiger partial charge < -0.3 is 8.60 Å². The maximum absolute atomic E-state index is 12.2. The summed E-state index contributed by atoms with van der Waals surface area (Å²) in [5, 5.41) is 0.609. The fraction of sp³-hybridized carbons (Fsp3) is 0.368. The average Bonchev–Trinajstić information content (AvgIpc) is 2.91. The lowest BCUT2D eigenvalue weighted by Crippen LogP contribution is -2.38. The van der Waals surface area contributed by atoms with Crippen LogP contribution in [0, 0.1) is 0 Å². The van der Waals surface area contributed by atoms with E-state index in [4.69, 9.17) is 25.2 Å². The normalized spacial score (nSPS) is 21.3. The van der Waals surface area contributed by atoms with Gasteiger partial charge in [-0.25, -0.2) is 0 Å². The second kappa shape index (κ2) is 6.49.